The number of benzene rings is 9. The minimum absolute atomic E-state index is 0.814. The number of hydrogen-bond acceptors (Lipinski definition) is 5. The van der Waals surface area contributed by atoms with E-state index < -0.39 is 0 Å². The number of furan rings is 1. The molecule has 0 aliphatic heterocycles. The van der Waals surface area contributed by atoms with Gasteiger partial charge in [-0.15, -0.1) is 0 Å². The van der Waals surface area contributed by atoms with Gasteiger partial charge in [-0.05, 0) is 185 Å². The first-order valence-corrected chi connectivity index (χ1v) is 29.6. The van der Waals surface area contributed by atoms with E-state index in [0.29, 0.717) is 0 Å². The highest BCUT2D eigenvalue weighted by atomic mass is 16.3. The van der Waals surface area contributed by atoms with Crippen molar-refractivity contribution in [3.05, 3.63) is 316 Å². The van der Waals surface area contributed by atoms with Gasteiger partial charge < -0.3 is 13.6 Å². The predicted octanol–water partition coefficient (Wildman–Crippen LogP) is 21.0. The highest BCUT2D eigenvalue weighted by Crippen LogP contribution is 2.44. The second-order valence-electron chi connectivity index (χ2n) is 22.1. The summed E-state index contributed by atoms with van der Waals surface area (Å²) in [5.41, 5.74) is 24.7. The average Bonchev–Trinajstić information content (AvgIpc) is 2.27. The Labute approximate surface area is 508 Å². The molecule has 0 atom stereocenters. The van der Waals surface area contributed by atoms with Crippen LogP contribution in [0.3, 0.4) is 0 Å². The molecule has 0 bridgehead atoms. The molecule has 0 spiro atoms. The van der Waals surface area contributed by atoms with E-state index in [-0.39, 0.29) is 0 Å². The molecule has 7 nitrogen and oxygen atoms in total. The zero-order chi connectivity index (χ0) is 58.7. The van der Waals surface area contributed by atoms with E-state index in [0.717, 1.165) is 166 Å². The molecule has 16 aromatic rings. The molecule has 7 heteroatoms. The van der Waals surface area contributed by atoms with Gasteiger partial charge in [0, 0.05) is 90.7 Å². The molecular weight excluding hydrogens is 1070 g/mol. The van der Waals surface area contributed by atoms with Crippen LogP contribution in [0.15, 0.2) is 309 Å². The van der Waals surface area contributed by atoms with Crippen LogP contribution >= 0.6 is 0 Å². The van der Waals surface area contributed by atoms with Crippen molar-refractivity contribution in [3.8, 4) is 78.5 Å². The minimum atomic E-state index is 0.814. The van der Waals surface area contributed by atoms with E-state index in [1.54, 1.807) is 0 Å². The van der Waals surface area contributed by atoms with Gasteiger partial charge in [-0.3, -0.25) is 19.9 Å². The van der Waals surface area contributed by atoms with Crippen molar-refractivity contribution in [3.63, 3.8) is 0 Å². The third-order valence-electron chi connectivity index (χ3n) is 17.1. The Bertz CT molecular complexity index is 5320. The molecule has 9 aromatic carbocycles. The first-order valence-electron chi connectivity index (χ1n) is 29.6. The second-order valence-corrected chi connectivity index (χ2v) is 22.1. The summed E-state index contributed by atoms with van der Waals surface area (Å²) in [6, 6.07) is 90.6. The molecule has 0 aliphatic carbocycles. The van der Waals surface area contributed by atoms with E-state index in [1.165, 1.54) is 0 Å². The first-order chi connectivity index (χ1) is 43.6. The van der Waals surface area contributed by atoms with Crippen LogP contribution in [0.2, 0.25) is 0 Å². The fourth-order valence-electron chi connectivity index (χ4n) is 13.1. The van der Waals surface area contributed by atoms with E-state index >= 15 is 0 Å². The maximum absolute atomic E-state index is 6.76. The Morgan fingerprint density at radius 3 is 1.12 bits per heavy atom. The van der Waals surface area contributed by atoms with Crippen molar-refractivity contribution in [1.29, 1.82) is 0 Å². The molecule has 0 unspecified atom stereocenters. The highest BCUT2D eigenvalue weighted by Gasteiger charge is 2.22. The zero-order valence-corrected chi connectivity index (χ0v) is 48.1. The van der Waals surface area contributed by atoms with E-state index in [9.17, 15) is 0 Å². The van der Waals surface area contributed by atoms with Crippen molar-refractivity contribution < 1.29 is 4.42 Å². The van der Waals surface area contributed by atoms with Crippen LogP contribution in [0.1, 0.15) is 18.2 Å². The van der Waals surface area contributed by atoms with Crippen LogP contribution in [-0.4, -0.2) is 29.1 Å². The van der Waals surface area contributed by atoms with Crippen molar-refractivity contribution in [1.82, 2.24) is 29.1 Å². The smallest absolute Gasteiger partial charge is 0.135 e. The number of pyridine rings is 4. The second kappa shape index (κ2) is 21.7. The molecule has 0 saturated heterocycles. The van der Waals surface area contributed by atoms with Crippen molar-refractivity contribution >= 4 is 76.7 Å². The van der Waals surface area contributed by atoms with E-state index in [2.05, 4.69) is 235 Å². The molecule has 16 rings (SSSR count). The summed E-state index contributed by atoms with van der Waals surface area (Å²) in [6.07, 6.45) is 13.6. The summed E-state index contributed by atoms with van der Waals surface area (Å²) in [6.45, 7) is 6.34. The number of allylic oxidation sites excluding steroid dienone is 5. The van der Waals surface area contributed by atoms with Gasteiger partial charge in [-0.25, -0.2) is 0 Å². The Morgan fingerprint density at radius 1 is 0.352 bits per heavy atom. The molecule has 0 N–H and O–H groups in total. The molecule has 88 heavy (non-hydrogen) atoms. The SMILES string of the molecule is C=C/C(=C(\C=C/C)c1ccc2c(c1)c1cc(-c3ccccc3-c3ccccn3)ccc1n2-c1ccc2oc3ccc(-n4c5ccc(-c6ccccc6-c6ccccn6)cc5c5cc(-c6ccccc6-c6ccccn6)ccc54)cc3c2c1)c1ccccn1. The standard InChI is InChI=1S/C81H54N6O/c1-3-19-59(58(4-2)72-26-11-15-42-82-72)52-30-36-76-66(46-52)67-47-53(60-20-5-8-23-63(60)73-27-12-16-43-83-73)31-37-77(67)86(76)56-34-40-80-70(50-56)71-51-57(35-41-81(71)88-80)87-78-38-32-54(61-21-6-9-24-64(61)74-28-13-17-44-84-74)48-68(78)69-49-55(33-39-79(69)87)62-22-7-10-25-65(62)75-29-14-18-45-85-75/h3-51H,2H2,1H3/b19-3-,59-58-. The minimum Gasteiger partial charge on any atom is -0.456 e. The van der Waals surface area contributed by atoms with Crippen molar-refractivity contribution in [2.75, 3.05) is 0 Å². The zero-order valence-electron chi connectivity index (χ0n) is 48.1. The molecule has 0 aliphatic rings. The Balaban J connectivity index is 0.885. The number of aromatic nitrogens is 6. The Morgan fingerprint density at radius 2 is 0.739 bits per heavy atom. The van der Waals surface area contributed by atoms with E-state index in [1.807, 2.05) is 85.5 Å². The maximum Gasteiger partial charge on any atom is 0.135 e. The van der Waals surface area contributed by atoms with Gasteiger partial charge in [-0.2, -0.15) is 0 Å². The predicted molar refractivity (Wildman–Crippen MR) is 364 cm³/mol. The molecule has 0 fully saturated rings. The molecule has 0 amide bonds. The third-order valence-corrected chi connectivity index (χ3v) is 17.1. The summed E-state index contributed by atoms with van der Waals surface area (Å²) in [7, 11) is 0. The molecular formula is C81H54N6O. The van der Waals surface area contributed by atoms with Gasteiger partial charge in [0.05, 0.1) is 44.8 Å². The summed E-state index contributed by atoms with van der Waals surface area (Å²) in [4.78, 5) is 19.1. The van der Waals surface area contributed by atoms with Crippen molar-refractivity contribution in [2.24, 2.45) is 0 Å². The van der Waals surface area contributed by atoms with Crippen molar-refractivity contribution in [2.45, 2.75) is 6.92 Å². The van der Waals surface area contributed by atoms with E-state index in [4.69, 9.17) is 24.4 Å². The normalized spacial score (nSPS) is 12.1. The highest BCUT2D eigenvalue weighted by molar-refractivity contribution is 6.15. The summed E-state index contributed by atoms with van der Waals surface area (Å²) < 4.78 is 11.6. The number of rotatable bonds is 12. The lowest BCUT2D eigenvalue weighted by atomic mass is 9.94. The average molecular weight is 1130 g/mol. The first kappa shape index (κ1) is 51.8. The Kier molecular flexibility index (Phi) is 12.8. The van der Waals surface area contributed by atoms with Crippen LogP contribution in [0.5, 0.6) is 0 Å². The van der Waals surface area contributed by atoms with Crippen LogP contribution in [0, 0.1) is 0 Å². The quantitative estimate of drug-likeness (QED) is 0.114. The number of nitrogens with zero attached hydrogens (tertiary/aromatic N) is 6. The van der Waals surface area contributed by atoms with Crippen LogP contribution in [0.4, 0.5) is 0 Å². The summed E-state index contributed by atoms with van der Waals surface area (Å²) >= 11 is 0. The van der Waals surface area contributed by atoms with Crippen LogP contribution in [-0.2, 0) is 0 Å². The Hall–Kier alpha value is -11.8. The lowest BCUT2D eigenvalue weighted by molar-refractivity contribution is 0.669. The molecule has 7 aromatic heterocycles. The van der Waals surface area contributed by atoms with Gasteiger partial charge >= 0.3 is 0 Å². The van der Waals surface area contributed by atoms with Crippen LogP contribution < -0.4 is 0 Å². The van der Waals surface area contributed by atoms with Gasteiger partial charge in [0.15, 0.2) is 0 Å². The monoisotopic (exact) mass is 1130 g/mol. The van der Waals surface area contributed by atoms with Gasteiger partial charge in [0.25, 0.3) is 0 Å². The van der Waals surface area contributed by atoms with Gasteiger partial charge in [0.1, 0.15) is 11.2 Å². The molecule has 414 valence electrons. The molecule has 7 heterocycles. The summed E-state index contributed by atoms with van der Waals surface area (Å²) in [5, 5.41) is 6.57. The van der Waals surface area contributed by atoms with Crippen LogP contribution in [0.25, 0.3) is 155 Å². The number of fused-ring (bicyclic) bond motifs is 9. The largest absolute Gasteiger partial charge is 0.456 e. The van der Waals surface area contributed by atoms with Gasteiger partial charge in [0.2, 0.25) is 0 Å². The molecule has 0 saturated carbocycles. The fourth-order valence-corrected chi connectivity index (χ4v) is 13.1. The maximum atomic E-state index is 6.76. The van der Waals surface area contributed by atoms with Gasteiger partial charge in [-0.1, -0.05) is 146 Å². The third kappa shape index (κ3) is 8.83. The lowest BCUT2D eigenvalue weighted by Gasteiger charge is -2.12. The fraction of sp³-hybridized carbons (Fsp3) is 0.0123. The number of hydrogen-bond donors (Lipinski definition) is 0. The molecule has 0 radical (unpaired) electrons. The topological polar surface area (TPSA) is 74.6 Å². The lowest BCUT2D eigenvalue weighted by Crippen LogP contribution is -1.95. The summed E-state index contributed by atoms with van der Waals surface area (Å²) in [5.74, 6) is 0.